The number of carbonyl (C=O) groups is 1. The molecular formula is C13H14BrFO2. The molecule has 0 bridgehead atoms. The lowest BCUT2D eigenvalue weighted by Crippen LogP contribution is -2.30. The molecule has 1 aromatic carbocycles. The Morgan fingerprint density at radius 1 is 1.41 bits per heavy atom. The molecule has 1 aliphatic rings. The molecule has 0 spiro atoms. The third kappa shape index (κ3) is 2.51. The zero-order chi connectivity index (χ0) is 12.5. The molecule has 0 aliphatic heterocycles. The van der Waals surface area contributed by atoms with Crippen LogP contribution in [0.1, 0.15) is 31.2 Å². The summed E-state index contributed by atoms with van der Waals surface area (Å²) in [6, 6.07) is 4.68. The van der Waals surface area contributed by atoms with E-state index in [0.29, 0.717) is 18.4 Å². The van der Waals surface area contributed by atoms with Crippen molar-refractivity contribution < 1.29 is 14.3 Å². The predicted octanol–water partition coefficient (Wildman–Crippen LogP) is 3.78. The average molecular weight is 301 g/mol. The number of benzene rings is 1. The average Bonchev–Trinajstić information content (AvgIpc) is 2.73. The number of aliphatic carboxylic acids is 1. The van der Waals surface area contributed by atoms with Crippen LogP contribution >= 0.6 is 15.9 Å². The molecule has 0 radical (unpaired) electrons. The van der Waals surface area contributed by atoms with Gasteiger partial charge in [0.05, 0.1) is 5.41 Å². The van der Waals surface area contributed by atoms with Gasteiger partial charge in [-0.2, -0.15) is 0 Å². The summed E-state index contributed by atoms with van der Waals surface area (Å²) in [6.45, 7) is 0. The van der Waals surface area contributed by atoms with Crippen LogP contribution in [0.2, 0.25) is 0 Å². The lowest BCUT2D eigenvalue weighted by atomic mass is 9.80. The van der Waals surface area contributed by atoms with Gasteiger partial charge in [0.1, 0.15) is 5.82 Å². The van der Waals surface area contributed by atoms with E-state index in [-0.39, 0.29) is 12.2 Å². The Morgan fingerprint density at radius 3 is 2.65 bits per heavy atom. The molecule has 1 saturated carbocycles. The van der Waals surface area contributed by atoms with Crippen LogP contribution in [0.25, 0.3) is 0 Å². The van der Waals surface area contributed by atoms with Crippen molar-refractivity contribution >= 4 is 21.9 Å². The van der Waals surface area contributed by atoms with Gasteiger partial charge in [0.25, 0.3) is 0 Å². The zero-order valence-corrected chi connectivity index (χ0v) is 11.0. The Bertz CT molecular complexity index is 439. The van der Waals surface area contributed by atoms with Crippen LogP contribution in [0.3, 0.4) is 0 Å². The highest BCUT2D eigenvalue weighted by Gasteiger charge is 2.41. The second-order valence-corrected chi connectivity index (χ2v) is 5.62. The molecule has 2 rings (SSSR count). The SMILES string of the molecule is O=C(O)C1(Cc2cc(Br)ccc2F)CCCC1. The molecule has 92 valence electrons. The van der Waals surface area contributed by atoms with Crippen LogP contribution in [0.15, 0.2) is 22.7 Å². The van der Waals surface area contributed by atoms with E-state index in [4.69, 9.17) is 0 Å². The summed E-state index contributed by atoms with van der Waals surface area (Å²) in [4.78, 5) is 11.4. The van der Waals surface area contributed by atoms with E-state index >= 15 is 0 Å². The molecule has 4 heteroatoms. The van der Waals surface area contributed by atoms with Crippen molar-refractivity contribution in [3.05, 3.63) is 34.1 Å². The fraction of sp³-hybridized carbons (Fsp3) is 0.462. The Morgan fingerprint density at radius 2 is 2.06 bits per heavy atom. The molecule has 0 atom stereocenters. The molecule has 0 heterocycles. The maximum absolute atomic E-state index is 13.6. The third-order valence-corrected chi connectivity index (χ3v) is 4.04. The van der Waals surface area contributed by atoms with Crippen LogP contribution in [-0.4, -0.2) is 11.1 Å². The minimum absolute atomic E-state index is 0.285. The first kappa shape index (κ1) is 12.6. The van der Waals surface area contributed by atoms with Gasteiger partial charge in [0.15, 0.2) is 0 Å². The molecule has 1 fully saturated rings. The van der Waals surface area contributed by atoms with Crippen molar-refractivity contribution in [2.45, 2.75) is 32.1 Å². The van der Waals surface area contributed by atoms with E-state index in [9.17, 15) is 14.3 Å². The van der Waals surface area contributed by atoms with Crippen molar-refractivity contribution in [3.63, 3.8) is 0 Å². The van der Waals surface area contributed by atoms with E-state index in [1.807, 2.05) is 0 Å². The minimum Gasteiger partial charge on any atom is -0.481 e. The van der Waals surface area contributed by atoms with Crippen molar-refractivity contribution in [1.82, 2.24) is 0 Å². The fourth-order valence-electron chi connectivity index (χ4n) is 2.56. The number of hydrogen-bond acceptors (Lipinski definition) is 1. The molecule has 1 N–H and O–H groups in total. The largest absolute Gasteiger partial charge is 0.481 e. The molecule has 0 saturated heterocycles. The Labute approximate surface area is 108 Å². The molecule has 0 aromatic heterocycles. The molecule has 0 amide bonds. The van der Waals surface area contributed by atoms with Gasteiger partial charge < -0.3 is 5.11 Å². The van der Waals surface area contributed by atoms with Crippen molar-refractivity contribution in [2.24, 2.45) is 5.41 Å². The molecule has 1 aliphatic carbocycles. The third-order valence-electron chi connectivity index (χ3n) is 3.55. The maximum atomic E-state index is 13.6. The van der Waals surface area contributed by atoms with Crippen LogP contribution in [0.5, 0.6) is 0 Å². The monoisotopic (exact) mass is 300 g/mol. The number of hydrogen-bond donors (Lipinski definition) is 1. The van der Waals surface area contributed by atoms with Crippen LogP contribution < -0.4 is 0 Å². The Balaban J connectivity index is 2.29. The van der Waals surface area contributed by atoms with E-state index < -0.39 is 11.4 Å². The van der Waals surface area contributed by atoms with E-state index in [1.54, 1.807) is 12.1 Å². The number of halogens is 2. The molecule has 2 nitrogen and oxygen atoms in total. The lowest BCUT2D eigenvalue weighted by Gasteiger charge is -2.24. The first-order valence-corrected chi connectivity index (χ1v) is 6.50. The highest BCUT2D eigenvalue weighted by atomic mass is 79.9. The highest BCUT2D eigenvalue weighted by molar-refractivity contribution is 9.10. The van der Waals surface area contributed by atoms with E-state index in [1.165, 1.54) is 6.07 Å². The summed E-state index contributed by atoms with van der Waals surface area (Å²) in [5.74, 6) is -1.12. The zero-order valence-electron chi connectivity index (χ0n) is 9.38. The quantitative estimate of drug-likeness (QED) is 0.922. The van der Waals surface area contributed by atoms with Crippen molar-refractivity contribution in [1.29, 1.82) is 0 Å². The molecule has 0 unspecified atom stereocenters. The van der Waals surface area contributed by atoms with Gasteiger partial charge >= 0.3 is 5.97 Å². The first-order chi connectivity index (χ1) is 8.03. The minimum atomic E-state index is -0.797. The summed E-state index contributed by atoms with van der Waals surface area (Å²) in [6.07, 6.45) is 3.42. The first-order valence-electron chi connectivity index (χ1n) is 5.71. The van der Waals surface area contributed by atoms with Gasteiger partial charge in [-0.15, -0.1) is 0 Å². The molecule has 1 aromatic rings. The summed E-state index contributed by atoms with van der Waals surface area (Å²) < 4.78 is 14.4. The van der Waals surface area contributed by atoms with Crippen LogP contribution in [0, 0.1) is 11.2 Å². The normalized spacial score (nSPS) is 18.2. The van der Waals surface area contributed by atoms with E-state index in [0.717, 1.165) is 17.3 Å². The van der Waals surface area contributed by atoms with Gasteiger partial charge in [-0.05, 0) is 43.0 Å². The Hall–Kier alpha value is -0.900. The number of carboxylic acids is 1. The van der Waals surface area contributed by atoms with Crippen molar-refractivity contribution in [3.8, 4) is 0 Å². The van der Waals surface area contributed by atoms with Crippen LogP contribution in [-0.2, 0) is 11.2 Å². The van der Waals surface area contributed by atoms with Gasteiger partial charge in [-0.3, -0.25) is 4.79 Å². The standard InChI is InChI=1S/C13H14BrFO2/c14-10-3-4-11(15)9(7-10)8-13(12(16)17)5-1-2-6-13/h3-4,7H,1-2,5-6,8H2,(H,16,17). The highest BCUT2D eigenvalue weighted by Crippen LogP contribution is 2.41. The lowest BCUT2D eigenvalue weighted by molar-refractivity contribution is -0.148. The summed E-state index contributed by atoms with van der Waals surface area (Å²) in [5, 5.41) is 9.35. The summed E-state index contributed by atoms with van der Waals surface area (Å²) in [7, 11) is 0. The summed E-state index contributed by atoms with van der Waals surface area (Å²) >= 11 is 3.29. The maximum Gasteiger partial charge on any atom is 0.309 e. The van der Waals surface area contributed by atoms with Gasteiger partial charge in [0.2, 0.25) is 0 Å². The van der Waals surface area contributed by atoms with E-state index in [2.05, 4.69) is 15.9 Å². The number of rotatable bonds is 3. The van der Waals surface area contributed by atoms with Gasteiger partial charge in [0, 0.05) is 4.47 Å². The molecular weight excluding hydrogens is 287 g/mol. The summed E-state index contributed by atoms with van der Waals surface area (Å²) in [5.41, 5.74) is -0.273. The fourth-order valence-corrected chi connectivity index (χ4v) is 2.97. The van der Waals surface area contributed by atoms with Gasteiger partial charge in [-0.1, -0.05) is 28.8 Å². The van der Waals surface area contributed by atoms with Gasteiger partial charge in [-0.25, -0.2) is 4.39 Å². The number of carboxylic acid groups (broad SMARTS) is 1. The second kappa shape index (κ2) is 4.77. The predicted molar refractivity (Wildman–Crippen MR) is 66.3 cm³/mol. The molecule has 17 heavy (non-hydrogen) atoms. The van der Waals surface area contributed by atoms with Crippen molar-refractivity contribution in [2.75, 3.05) is 0 Å². The van der Waals surface area contributed by atoms with Crippen LogP contribution in [0.4, 0.5) is 4.39 Å². The smallest absolute Gasteiger partial charge is 0.309 e. The second-order valence-electron chi connectivity index (χ2n) is 4.71. The topological polar surface area (TPSA) is 37.3 Å². The Kier molecular flexibility index (Phi) is 3.52.